The molecular formula is C24H29N3O6. The number of aliphatic carboxylic acids is 1. The molecule has 0 bridgehead atoms. The first-order valence-corrected chi connectivity index (χ1v) is 10.5. The number of aldehydes is 1. The predicted molar refractivity (Wildman–Crippen MR) is 123 cm³/mol. The molecule has 2 rings (SSSR count). The molecule has 0 spiro atoms. The molecule has 4 N–H and O–H groups in total. The van der Waals surface area contributed by atoms with Crippen LogP contribution in [0.15, 0.2) is 42.5 Å². The van der Waals surface area contributed by atoms with Gasteiger partial charge in [-0.2, -0.15) is 0 Å². The second-order valence-corrected chi connectivity index (χ2v) is 8.88. The van der Waals surface area contributed by atoms with Gasteiger partial charge < -0.3 is 25.9 Å². The Morgan fingerprint density at radius 3 is 2.18 bits per heavy atom. The zero-order chi connectivity index (χ0) is 24.8. The van der Waals surface area contributed by atoms with Crippen molar-refractivity contribution >= 4 is 40.7 Å². The van der Waals surface area contributed by atoms with Crippen molar-refractivity contribution in [2.75, 3.05) is 0 Å². The van der Waals surface area contributed by atoms with Crippen molar-refractivity contribution in [1.29, 1.82) is 0 Å². The second-order valence-electron chi connectivity index (χ2n) is 8.88. The molecule has 176 valence electrons. The van der Waals surface area contributed by atoms with Crippen LogP contribution >= 0.6 is 0 Å². The van der Waals surface area contributed by atoms with Gasteiger partial charge in [-0.1, -0.05) is 57.2 Å². The van der Waals surface area contributed by atoms with Crippen molar-refractivity contribution in [1.82, 2.24) is 16.0 Å². The first-order chi connectivity index (χ1) is 15.4. The molecule has 0 aliphatic heterocycles. The lowest BCUT2D eigenvalue weighted by molar-refractivity contribution is -0.139. The van der Waals surface area contributed by atoms with Crippen LogP contribution in [0.4, 0.5) is 0 Å². The highest BCUT2D eigenvalue weighted by Gasteiger charge is 2.34. The molecule has 1 unspecified atom stereocenters. The van der Waals surface area contributed by atoms with Gasteiger partial charge in [-0.05, 0) is 29.2 Å². The fourth-order valence-corrected chi connectivity index (χ4v) is 3.30. The minimum atomic E-state index is -1.24. The Morgan fingerprint density at radius 2 is 1.58 bits per heavy atom. The molecule has 9 nitrogen and oxygen atoms in total. The molecule has 0 saturated heterocycles. The van der Waals surface area contributed by atoms with Gasteiger partial charge in [-0.25, -0.2) is 0 Å². The number of carboxylic acid groups (broad SMARTS) is 1. The third-order valence-electron chi connectivity index (χ3n) is 5.08. The number of hydrogen-bond acceptors (Lipinski definition) is 5. The van der Waals surface area contributed by atoms with Crippen molar-refractivity contribution in [3.63, 3.8) is 0 Å². The first kappa shape index (κ1) is 25.5. The number of rotatable bonds is 9. The van der Waals surface area contributed by atoms with Crippen LogP contribution in [0.5, 0.6) is 0 Å². The van der Waals surface area contributed by atoms with Crippen LogP contribution in [0.3, 0.4) is 0 Å². The van der Waals surface area contributed by atoms with E-state index in [-0.39, 0.29) is 0 Å². The Hall–Kier alpha value is -3.75. The molecule has 9 heteroatoms. The highest BCUT2D eigenvalue weighted by molar-refractivity contribution is 6.08. The smallest absolute Gasteiger partial charge is 0.305 e. The Morgan fingerprint density at radius 1 is 0.939 bits per heavy atom. The molecule has 0 aliphatic carbocycles. The Balaban J connectivity index is 2.15. The fraction of sp³-hybridized carbons (Fsp3) is 0.375. The molecule has 0 fully saturated rings. The largest absolute Gasteiger partial charge is 0.481 e. The van der Waals surface area contributed by atoms with Crippen LogP contribution in [0, 0.1) is 5.41 Å². The summed E-state index contributed by atoms with van der Waals surface area (Å²) in [6, 6.07) is 9.48. The van der Waals surface area contributed by atoms with Gasteiger partial charge in [0, 0.05) is 5.56 Å². The van der Waals surface area contributed by atoms with Gasteiger partial charge in [-0.15, -0.1) is 0 Å². The maximum absolute atomic E-state index is 13.1. The van der Waals surface area contributed by atoms with Gasteiger partial charge in [0.25, 0.3) is 5.91 Å². The molecule has 0 aromatic heterocycles. The molecule has 33 heavy (non-hydrogen) atoms. The van der Waals surface area contributed by atoms with E-state index in [1.807, 2.05) is 30.3 Å². The number of nitrogens with one attached hydrogen (secondary N) is 3. The van der Waals surface area contributed by atoms with E-state index in [2.05, 4.69) is 16.0 Å². The lowest BCUT2D eigenvalue weighted by Gasteiger charge is -2.31. The molecular weight excluding hydrogens is 426 g/mol. The van der Waals surface area contributed by atoms with Crippen LogP contribution in [0.25, 0.3) is 10.8 Å². The first-order valence-electron chi connectivity index (χ1n) is 10.5. The topological polar surface area (TPSA) is 142 Å². The summed E-state index contributed by atoms with van der Waals surface area (Å²) in [5.74, 6) is -2.97. The Kier molecular flexibility index (Phi) is 8.28. The summed E-state index contributed by atoms with van der Waals surface area (Å²) in [6.45, 7) is 6.74. The monoisotopic (exact) mass is 455 g/mol. The lowest BCUT2D eigenvalue weighted by atomic mass is 9.85. The summed E-state index contributed by atoms with van der Waals surface area (Å²) in [5.41, 5.74) is -0.266. The van der Waals surface area contributed by atoms with Crippen molar-refractivity contribution in [3.8, 4) is 0 Å². The second kappa shape index (κ2) is 10.7. The summed E-state index contributed by atoms with van der Waals surface area (Å²) < 4.78 is 0. The number of fused-ring (bicyclic) bond motifs is 1. The van der Waals surface area contributed by atoms with Gasteiger partial charge in [0.15, 0.2) is 0 Å². The predicted octanol–water partition coefficient (Wildman–Crippen LogP) is 1.65. The molecule has 0 heterocycles. The minimum Gasteiger partial charge on any atom is -0.481 e. The van der Waals surface area contributed by atoms with E-state index in [1.165, 1.54) is 6.92 Å². The van der Waals surface area contributed by atoms with Crippen LogP contribution in [0.2, 0.25) is 0 Å². The Bertz CT molecular complexity index is 1050. The van der Waals surface area contributed by atoms with Crippen molar-refractivity contribution in [3.05, 3.63) is 48.0 Å². The highest BCUT2D eigenvalue weighted by Crippen LogP contribution is 2.22. The molecule has 2 aromatic rings. The number of carboxylic acids is 1. The maximum Gasteiger partial charge on any atom is 0.305 e. The average molecular weight is 456 g/mol. The third kappa shape index (κ3) is 6.86. The third-order valence-corrected chi connectivity index (χ3v) is 5.08. The summed E-state index contributed by atoms with van der Waals surface area (Å²) in [7, 11) is 0. The van der Waals surface area contributed by atoms with Gasteiger partial charge in [0.1, 0.15) is 18.4 Å². The zero-order valence-corrected chi connectivity index (χ0v) is 19.0. The van der Waals surface area contributed by atoms with Crippen LogP contribution in [0.1, 0.15) is 44.5 Å². The number of carbonyl (C=O) groups excluding carboxylic acids is 4. The summed E-state index contributed by atoms with van der Waals surface area (Å²) in [5, 5.41) is 18.0. The van der Waals surface area contributed by atoms with E-state index >= 15 is 0 Å². The Labute approximate surface area is 191 Å². The van der Waals surface area contributed by atoms with Crippen LogP contribution in [-0.4, -0.2) is 53.2 Å². The van der Waals surface area contributed by atoms with Crippen molar-refractivity contribution in [2.24, 2.45) is 5.41 Å². The normalized spacial score (nSPS) is 13.9. The maximum atomic E-state index is 13.1. The van der Waals surface area contributed by atoms with Gasteiger partial charge in [0.05, 0.1) is 12.5 Å². The van der Waals surface area contributed by atoms with Crippen molar-refractivity contribution < 1.29 is 29.1 Å². The molecule has 0 saturated carbocycles. The highest BCUT2D eigenvalue weighted by atomic mass is 16.4. The number of amides is 3. The number of hydrogen-bond donors (Lipinski definition) is 4. The minimum absolute atomic E-state index is 0.322. The van der Waals surface area contributed by atoms with Crippen LogP contribution in [-0.2, 0) is 19.2 Å². The fourth-order valence-electron chi connectivity index (χ4n) is 3.30. The SMILES string of the molecule is C[C@H](NC(=O)C(NC(=O)c1cccc2ccccc12)C(C)(C)C)C(=O)N[C@H](C=O)CC(=O)O. The summed E-state index contributed by atoms with van der Waals surface area (Å²) >= 11 is 0. The summed E-state index contributed by atoms with van der Waals surface area (Å²) in [6.07, 6.45) is -0.246. The summed E-state index contributed by atoms with van der Waals surface area (Å²) in [4.78, 5) is 60.2. The van der Waals surface area contributed by atoms with E-state index in [0.29, 0.717) is 11.8 Å². The molecule has 2 aromatic carbocycles. The van der Waals surface area contributed by atoms with Gasteiger partial charge in [0.2, 0.25) is 11.8 Å². The van der Waals surface area contributed by atoms with E-state index in [9.17, 15) is 24.0 Å². The van der Waals surface area contributed by atoms with Crippen molar-refractivity contribution in [2.45, 2.75) is 52.2 Å². The van der Waals surface area contributed by atoms with Gasteiger partial charge in [-0.3, -0.25) is 19.2 Å². The van der Waals surface area contributed by atoms with E-state index in [1.54, 1.807) is 32.9 Å². The molecule has 0 aliphatic rings. The van der Waals surface area contributed by atoms with E-state index in [0.717, 1.165) is 10.8 Å². The number of carbonyl (C=O) groups is 5. The molecule has 3 amide bonds. The lowest BCUT2D eigenvalue weighted by Crippen LogP contribution is -2.57. The van der Waals surface area contributed by atoms with Crippen LogP contribution < -0.4 is 16.0 Å². The standard InChI is InChI=1S/C24H29N3O6/c1-14(21(31)26-16(13-28)12-19(29)30)25-23(33)20(24(2,3)4)27-22(32)18-11-7-9-15-8-5-6-10-17(15)18/h5-11,13-14,16,20H,12H2,1-4H3,(H,25,33)(H,26,31)(H,27,32)(H,29,30)/t14-,16-,20?/m0/s1. The zero-order valence-electron chi connectivity index (χ0n) is 19.0. The quantitative estimate of drug-likeness (QED) is 0.424. The van der Waals surface area contributed by atoms with E-state index < -0.39 is 53.7 Å². The molecule has 3 atom stereocenters. The van der Waals surface area contributed by atoms with Gasteiger partial charge >= 0.3 is 5.97 Å². The number of benzene rings is 2. The molecule has 0 radical (unpaired) electrons. The van der Waals surface area contributed by atoms with E-state index in [4.69, 9.17) is 5.11 Å². The average Bonchev–Trinajstić information content (AvgIpc) is 2.74.